The molecule has 0 aromatic rings. The van der Waals surface area contributed by atoms with Crippen LogP contribution in [-0.4, -0.2) is 43.4 Å². The summed E-state index contributed by atoms with van der Waals surface area (Å²) in [6, 6.07) is -0.792. The number of hydrogen-bond donors (Lipinski definition) is 1. The summed E-state index contributed by atoms with van der Waals surface area (Å²) in [4.78, 5) is 24.1. The molecule has 1 heterocycles. The zero-order chi connectivity index (χ0) is 17.7. The lowest BCUT2D eigenvalue weighted by atomic mass is 9.87. The predicted octanol–water partition coefficient (Wildman–Crippen LogP) is 2.04. The van der Waals surface area contributed by atoms with Crippen molar-refractivity contribution in [2.45, 2.75) is 71.1 Å². The molecule has 0 radical (unpaired) electrons. The number of nitrogens with two attached hydrogens (primary N) is 1. The van der Waals surface area contributed by atoms with Crippen LogP contribution < -0.4 is 5.73 Å². The number of carbonyl (C=O) groups excluding carboxylic acids is 2. The molecule has 2 rings (SSSR count). The molecule has 6 heteroatoms. The van der Waals surface area contributed by atoms with Gasteiger partial charge in [0.1, 0.15) is 18.2 Å². The molecule has 0 bridgehead atoms. The molecule has 1 aliphatic carbocycles. The zero-order valence-electron chi connectivity index (χ0n) is 15.0. The third kappa shape index (κ3) is 5.18. The first kappa shape index (κ1) is 19.2. The maximum atomic E-state index is 12.1. The van der Waals surface area contributed by atoms with Gasteiger partial charge in [0.05, 0.1) is 19.1 Å². The van der Waals surface area contributed by atoms with Gasteiger partial charge in [0, 0.05) is 5.92 Å². The van der Waals surface area contributed by atoms with E-state index in [1.165, 1.54) is 25.7 Å². The third-order valence-electron chi connectivity index (χ3n) is 5.00. The fourth-order valence-electron chi connectivity index (χ4n) is 3.57. The van der Waals surface area contributed by atoms with E-state index in [0.717, 1.165) is 6.42 Å². The Kier molecular flexibility index (Phi) is 7.04. The van der Waals surface area contributed by atoms with Gasteiger partial charge in [-0.2, -0.15) is 0 Å². The van der Waals surface area contributed by atoms with Crippen molar-refractivity contribution in [2.75, 3.05) is 13.2 Å². The zero-order valence-corrected chi connectivity index (χ0v) is 15.0. The van der Waals surface area contributed by atoms with Crippen LogP contribution in [-0.2, 0) is 23.8 Å². The summed E-state index contributed by atoms with van der Waals surface area (Å²) in [5.74, 6) is -0.367. The second kappa shape index (κ2) is 8.81. The minimum absolute atomic E-state index is 0.0175. The standard InChI is InChI=1S/C18H31NO5/c1-11(2)17(20)24-16-12(3)23-18(21)15(19)10-22-9-14(16)8-13-6-4-5-7-13/h11-16H,4-10,19H2,1-3H3/t12-,14-,15-,16-/m0/s1. The topological polar surface area (TPSA) is 87.9 Å². The quantitative estimate of drug-likeness (QED) is 0.787. The van der Waals surface area contributed by atoms with Crippen LogP contribution in [0.25, 0.3) is 0 Å². The van der Waals surface area contributed by atoms with E-state index in [2.05, 4.69) is 0 Å². The summed E-state index contributed by atoms with van der Waals surface area (Å²) in [6.45, 7) is 5.94. The molecule has 1 saturated heterocycles. The molecule has 0 aromatic heterocycles. The van der Waals surface area contributed by atoms with Gasteiger partial charge in [-0.25, -0.2) is 0 Å². The van der Waals surface area contributed by atoms with E-state index in [0.29, 0.717) is 12.5 Å². The van der Waals surface area contributed by atoms with Gasteiger partial charge >= 0.3 is 11.9 Å². The fourth-order valence-corrected chi connectivity index (χ4v) is 3.57. The molecule has 1 saturated carbocycles. The Hall–Kier alpha value is -1.14. The minimum Gasteiger partial charge on any atom is -0.458 e. The maximum absolute atomic E-state index is 12.1. The van der Waals surface area contributed by atoms with Gasteiger partial charge in [0.2, 0.25) is 0 Å². The monoisotopic (exact) mass is 341 g/mol. The summed E-state index contributed by atoms with van der Waals surface area (Å²) >= 11 is 0. The first-order chi connectivity index (χ1) is 11.4. The molecule has 4 atom stereocenters. The van der Waals surface area contributed by atoms with E-state index in [1.54, 1.807) is 20.8 Å². The van der Waals surface area contributed by atoms with E-state index >= 15 is 0 Å². The Bertz CT molecular complexity index is 433. The smallest absolute Gasteiger partial charge is 0.325 e. The first-order valence-electron chi connectivity index (χ1n) is 9.12. The molecule has 2 aliphatic rings. The van der Waals surface area contributed by atoms with Gasteiger partial charge in [-0.3, -0.25) is 9.59 Å². The molecule has 6 nitrogen and oxygen atoms in total. The average Bonchev–Trinajstić information content (AvgIpc) is 3.03. The highest BCUT2D eigenvalue weighted by molar-refractivity contribution is 5.76. The van der Waals surface area contributed by atoms with Gasteiger partial charge in [0.15, 0.2) is 0 Å². The number of carbonyl (C=O) groups is 2. The van der Waals surface area contributed by atoms with Crippen LogP contribution in [0.4, 0.5) is 0 Å². The summed E-state index contributed by atoms with van der Waals surface area (Å²) in [5, 5.41) is 0. The van der Waals surface area contributed by atoms with Crippen molar-refractivity contribution in [3.8, 4) is 0 Å². The van der Waals surface area contributed by atoms with E-state index < -0.39 is 24.2 Å². The molecule has 2 N–H and O–H groups in total. The van der Waals surface area contributed by atoms with Crippen molar-refractivity contribution < 1.29 is 23.8 Å². The van der Waals surface area contributed by atoms with Crippen LogP contribution in [0.15, 0.2) is 0 Å². The lowest BCUT2D eigenvalue weighted by Gasteiger charge is -2.32. The van der Waals surface area contributed by atoms with Gasteiger partial charge in [-0.05, 0) is 19.3 Å². The van der Waals surface area contributed by atoms with E-state index in [1.807, 2.05) is 0 Å². The summed E-state index contributed by atoms with van der Waals surface area (Å²) < 4.78 is 16.8. The largest absolute Gasteiger partial charge is 0.458 e. The van der Waals surface area contributed by atoms with Crippen LogP contribution in [0.3, 0.4) is 0 Å². The van der Waals surface area contributed by atoms with Crippen LogP contribution >= 0.6 is 0 Å². The Morgan fingerprint density at radius 2 is 1.96 bits per heavy atom. The number of cyclic esters (lactones) is 1. The van der Waals surface area contributed by atoms with Crippen molar-refractivity contribution in [1.29, 1.82) is 0 Å². The second-order valence-electron chi connectivity index (χ2n) is 7.49. The van der Waals surface area contributed by atoms with E-state index in [9.17, 15) is 9.59 Å². The summed E-state index contributed by atoms with van der Waals surface area (Å²) in [7, 11) is 0. The van der Waals surface area contributed by atoms with Gasteiger partial charge < -0.3 is 19.9 Å². The highest BCUT2D eigenvalue weighted by Gasteiger charge is 2.37. The maximum Gasteiger partial charge on any atom is 0.325 e. The van der Waals surface area contributed by atoms with Crippen molar-refractivity contribution in [3.05, 3.63) is 0 Å². The molecule has 1 aliphatic heterocycles. The molecule has 0 amide bonds. The van der Waals surface area contributed by atoms with Crippen molar-refractivity contribution in [2.24, 2.45) is 23.5 Å². The SMILES string of the molecule is CC(C)C(=O)O[C@@H]1[C@@H](CC2CCCC2)COC[C@H](N)C(=O)O[C@H]1C. The highest BCUT2D eigenvalue weighted by atomic mass is 16.6. The number of rotatable bonds is 4. The molecule has 0 unspecified atom stereocenters. The fraction of sp³-hybridized carbons (Fsp3) is 0.889. The van der Waals surface area contributed by atoms with Crippen molar-refractivity contribution in [1.82, 2.24) is 0 Å². The first-order valence-corrected chi connectivity index (χ1v) is 9.12. The molecular weight excluding hydrogens is 310 g/mol. The lowest BCUT2D eigenvalue weighted by Crippen LogP contribution is -2.43. The molecular formula is C18H31NO5. The second-order valence-corrected chi connectivity index (χ2v) is 7.49. The van der Waals surface area contributed by atoms with E-state index in [4.69, 9.17) is 19.9 Å². The van der Waals surface area contributed by atoms with Crippen LogP contribution in [0.5, 0.6) is 0 Å². The molecule has 138 valence electrons. The summed E-state index contributed by atoms with van der Waals surface area (Å²) in [5.41, 5.74) is 5.78. The minimum atomic E-state index is -0.792. The van der Waals surface area contributed by atoms with Crippen LogP contribution in [0, 0.1) is 17.8 Å². The molecule has 0 spiro atoms. The van der Waals surface area contributed by atoms with Crippen LogP contribution in [0.2, 0.25) is 0 Å². The Labute approximate surface area is 144 Å². The van der Waals surface area contributed by atoms with Crippen LogP contribution in [0.1, 0.15) is 52.9 Å². The van der Waals surface area contributed by atoms with Crippen molar-refractivity contribution in [3.63, 3.8) is 0 Å². The van der Waals surface area contributed by atoms with Gasteiger partial charge in [-0.1, -0.05) is 39.5 Å². The normalized spacial score (nSPS) is 32.8. The van der Waals surface area contributed by atoms with E-state index in [-0.39, 0.29) is 24.4 Å². The number of esters is 2. The summed E-state index contributed by atoms with van der Waals surface area (Å²) in [6.07, 6.45) is 4.82. The Morgan fingerprint density at radius 1 is 1.29 bits per heavy atom. The van der Waals surface area contributed by atoms with Crippen molar-refractivity contribution >= 4 is 11.9 Å². The lowest BCUT2D eigenvalue weighted by molar-refractivity contribution is -0.174. The highest BCUT2D eigenvalue weighted by Crippen LogP contribution is 2.33. The number of hydrogen-bond acceptors (Lipinski definition) is 6. The third-order valence-corrected chi connectivity index (χ3v) is 5.00. The predicted molar refractivity (Wildman–Crippen MR) is 89.1 cm³/mol. The number of ether oxygens (including phenoxy) is 3. The average molecular weight is 341 g/mol. The Morgan fingerprint density at radius 3 is 2.58 bits per heavy atom. The molecule has 0 aromatic carbocycles. The van der Waals surface area contributed by atoms with Gasteiger partial charge in [0.25, 0.3) is 0 Å². The molecule has 24 heavy (non-hydrogen) atoms. The molecule has 2 fully saturated rings. The van der Waals surface area contributed by atoms with Gasteiger partial charge in [-0.15, -0.1) is 0 Å². The Balaban J connectivity index is 2.15.